The fraction of sp³-hybridized carbons (Fsp3) is 0.348. The Hall–Kier alpha value is -3.19. The lowest BCUT2D eigenvalue weighted by atomic mass is 10.1. The van der Waals surface area contributed by atoms with Crippen molar-refractivity contribution in [1.82, 2.24) is 19.7 Å². The van der Waals surface area contributed by atoms with E-state index in [-0.39, 0.29) is 0 Å². The molecule has 0 saturated carbocycles. The fourth-order valence-electron chi connectivity index (χ4n) is 4.10. The summed E-state index contributed by atoms with van der Waals surface area (Å²) in [5.41, 5.74) is 5.79. The van der Waals surface area contributed by atoms with Crippen molar-refractivity contribution >= 4 is 17.1 Å². The summed E-state index contributed by atoms with van der Waals surface area (Å²) in [4.78, 5) is 9.50. The second-order valence-corrected chi connectivity index (χ2v) is 7.80. The summed E-state index contributed by atoms with van der Waals surface area (Å²) >= 11 is 0. The number of anilines is 1. The average molecular weight is 403 g/mol. The topological polar surface area (TPSA) is 78.0 Å². The first-order valence-corrected chi connectivity index (χ1v) is 10.4. The predicted octanol–water partition coefficient (Wildman–Crippen LogP) is 4.34. The predicted molar refractivity (Wildman–Crippen MR) is 116 cm³/mol. The quantitative estimate of drug-likeness (QED) is 0.534. The normalized spacial score (nSPS) is 15.0. The second kappa shape index (κ2) is 7.91. The zero-order valence-electron chi connectivity index (χ0n) is 17.3. The maximum absolute atomic E-state index is 5.51. The van der Waals surface area contributed by atoms with Crippen LogP contribution in [0, 0.1) is 13.8 Å². The Balaban J connectivity index is 1.60. The number of aromatic nitrogens is 4. The van der Waals surface area contributed by atoms with E-state index < -0.39 is 0 Å². The molecule has 7 nitrogen and oxygen atoms in total. The standard InChI is InChI=1S/C23H25N5O2/c1-15-21(16(2)30-27-15)18-12-20-22(24-13-18)26-23(25-19-8-10-29-11-9-19)28(20)14-17-6-4-3-5-7-17/h3-7,12-13,19H,8-11,14H2,1-2H3,(H,24,25,26). The van der Waals surface area contributed by atoms with E-state index in [1.54, 1.807) is 0 Å². The third kappa shape index (κ3) is 3.57. The van der Waals surface area contributed by atoms with Crippen molar-refractivity contribution in [3.8, 4) is 11.1 Å². The monoisotopic (exact) mass is 403 g/mol. The van der Waals surface area contributed by atoms with Crippen molar-refractivity contribution in [3.63, 3.8) is 0 Å². The number of aryl methyl sites for hydroxylation is 2. The van der Waals surface area contributed by atoms with Gasteiger partial charge in [-0.15, -0.1) is 0 Å². The largest absolute Gasteiger partial charge is 0.381 e. The van der Waals surface area contributed by atoms with Crippen LogP contribution in [0.1, 0.15) is 29.9 Å². The molecule has 1 aliphatic rings. The van der Waals surface area contributed by atoms with E-state index in [4.69, 9.17) is 14.2 Å². The number of ether oxygens (including phenoxy) is 1. The highest BCUT2D eigenvalue weighted by Crippen LogP contribution is 2.30. The van der Waals surface area contributed by atoms with Crippen molar-refractivity contribution < 1.29 is 9.26 Å². The highest BCUT2D eigenvalue weighted by atomic mass is 16.5. The molecular formula is C23H25N5O2. The highest BCUT2D eigenvalue weighted by molar-refractivity contribution is 5.82. The number of hydrogen-bond acceptors (Lipinski definition) is 6. The Labute approximate surface area is 175 Å². The van der Waals surface area contributed by atoms with Crippen LogP contribution in [-0.4, -0.2) is 38.9 Å². The van der Waals surface area contributed by atoms with Crippen LogP contribution in [0.3, 0.4) is 0 Å². The zero-order chi connectivity index (χ0) is 20.5. The second-order valence-electron chi connectivity index (χ2n) is 7.80. The number of fused-ring (bicyclic) bond motifs is 1. The van der Waals surface area contributed by atoms with Gasteiger partial charge in [0.2, 0.25) is 5.95 Å². The SMILES string of the molecule is Cc1noc(C)c1-c1cnc2nc(NC3CCOCC3)n(Cc3ccccc3)c2c1. The smallest absolute Gasteiger partial charge is 0.205 e. The molecule has 154 valence electrons. The number of nitrogens with one attached hydrogen (secondary N) is 1. The van der Waals surface area contributed by atoms with Crippen molar-refractivity contribution in [2.24, 2.45) is 0 Å². The maximum atomic E-state index is 5.51. The molecule has 0 aliphatic carbocycles. The molecule has 4 aromatic rings. The molecule has 1 aliphatic heterocycles. The van der Waals surface area contributed by atoms with Crippen LogP contribution in [0.4, 0.5) is 5.95 Å². The molecule has 0 bridgehead atoms. The van der Waals surface area contributed by atoms with Gasteiger partial charge in [0.15, 0.2) is 5.65 Å². The Kier molecular flexibility index (Phi) is 4.96. The first-order valence-electron chi connectivity index (χ1n) is 10.4. The van der Waals surface area contributed by atoms with Gasteiger partial charge in [0, 0.05) is 36.6 Å². The van der Waals surface area contributed by atoms with Gasteiger partial charge >= 0.3 is 0 Å². The fourth-order valence-corrected chi connectivity index (χ4v) is 4.10. The van der Waals surface area contributed by atoms with Crippen LogP contribution >= 0.6 is 0 Å². The molecule has 3 aromatic heterocycles. The third-order valence-corrected chi connectivity index (χ3v) is 5.67. The van der Waals surface area contributed by atoms with E-state index in [0.29, 0.717) is 6.04 Å². The van der Waals surface area contributed by atoms with Gasteiger partial charge in [0.1, 0.15) is 5.76 Å². The zero-order valence-corrected chi connectivity index (χ0v) is 17.3. The summed E-state index contributed by atoms with van der Waals surface area (Å²) in [6, 6.07) is 12.9. The molecule has 1 saturated heterocycles. The van der Waals surface area contributed by atoms with E-state index in [0.717, 1.165) is 72.3 Å². The molecule has 7 heteroatoms. The van der Waals surface area contributed by atoms with Crippen LogP contribution in [0.2, 0.25) is 0 Å². The van der Waals surface area contributed by atoms with E-state index in [2.05, 4.69) is 50.4 Å². The molecule has 0 atom stereocenters. The van der Waals surface area contributed by atoms with Crippen molar-refractivity contribution in [2.45, 2.75) is 39.3 Å². The van der Waals surface area contributed by atoms with Crippen molar-refractivity contribution in [1.29, 1.82) is 0 Å². The number of hydrogen-bond donors (Lipinski definition) is 1. The molecule has 0 spiro atoms. The van der Waals surface area contributed by atoms with Gasteiger partial charge in [-0.1, -0.05) is 35.5 Å². The molecule has 1 N–H and O–H groups in total. The number of imidazole rings is 1. The summed E-state index contributed by atoms with van der Waals surface area (Å²) in [6.45, 7) is 6.17. The van der Waals surface area contributed by atoms with E-state index in [1.165, 1.54) is 5.56 Å². The minimum absolute atomic E-state index is 0.354. The lowest BCUT2D eigenvalue weighted by Crippen LogP contribution is -2.29. The van der Waals surface area contributed by atoms with Crippen LogP contribution < -0.4 is 5.32 Å². The number of rotatable bonds is 5. The third-order valence-electron chi connectivity index (χ3n) is 5.67. The summed E-state index contributed by atoms with van der Waals surface area (Å²) in [5, 5.41) is 7.73. The summed E-state index contributed by atoms with van der Waals surface area (Å²) in [6.07, 6.45) is 3.81. The minimum Gasteiger partial charge on any atom is -0.381 e. The molecule has 4 heterocycles. The number of nitrogens with zero attached hydrogens (tertiary/aromatic N) is 4. The van der Waals surface area contributed by atoms with E-state index >= 15 is 0 Å². The molecule has 0 radical (unpaired) electrons. The lowest BCUT2D eigenvalue weighted by Gasteiger charge is -2.24. The average Bonchev–Trinajstić information content (AvgIpc) is 3.28. The van der Waals surface area contributed by atoms with Gasteiger partial charge in [-0.2, -0.15) is 4.98 Å². The Morgan fingerprint density at radius 2 is 1.93 bits per heavy atom. The molecular weight excluding hydrogens is 378 g/mol. The number of pyridine rings is 1. The van der Waals surface area contributed by atoms with E-state index in [9.17, 15) is 0 Å². The molecule has 5 rings (SSSR count). The molecule has 0 unspecified atom stereocenters. The lowest BCUT2D eigenvalue weighted by molar-refractivity contribution is 0.0902. The summed E-state index contributed by atoms with van der Waals surface area (Å²) < 4.78 is 13.1. The van der Waals surface area contributed by atoms with Gasteiger partial charge in [-0.05, 0) is 38.3 Å². The van der Waals surface area contributed by atoms with Crippen LogP contribution in [0.25, 0.3) is 22.3 Å². The molecule has 1 aromatic carbocycles. The highest BCUT2D eigenvalue weighted by Gasteiger charge is 2.20. The van der Waals surface area contributed by atoms with Crippen molar-refractivity contribution in [3.05, 3.63) is 59.6 Å². The molecule has 1 fully saturated rings. The Morgan fingerprint density at radius 3 is 2.67 bits per heavy atom. The molecule has 30 heavy (non-hydrogen) atoms. The maximum Gasteiger partial charge on any atom is 0.205 e. The first-order chi connectivity index (χ1) is 14.7. The van der Waals surface area contributed by atoms with Gasteiger partial charge in [0.05, 0.1) is 17.8 Å². The minimum atomic E-state index is 0.354. The summed E-state index contributed by atoms with van der Waals surface area (Å²) in [5.74, 6) is 1.65. The Bertz CT molecular complexity index is 1140. The Morgan fingerprint density at radius 1 is 1.13 bits per heavy atom. The summed E-state index contributed by atoms with van der Waals surface area (Å²) in [7, 11) is 0. The van der Waals surface area contributed by atoms with Crippen molar-refractivity contribution in [2.75, 3.05) is 18.5 Å². The van der Waals surface area contributed by atoms with E-state index in [1.807, 2.05) is 26.1 Å². The van der Waals surface area contributed by atoms with Gasteiger partial charge in [-0.3, -0.25) is 0 Å². The van der Waals surface area contributed by atoms with Crippen LogP contribution in [0.5, 0.6) is 0 Å². The van der Waals surface area contributed by atoms with Gasteiger partial charge in [0.25, 0.3) is 0 Å². The molecule has 0 amide bonds. The first kappa shape index (κ1) is 18.8. The van der Waals surface area contributed by atoms with Gasteiger partial charge < -0.3 is 19.1 Å². The van der Waals surface area contributed by atoms with Crippen LogP contribution in [-0.2, 0) is 11.3 Å². The van der Waals surface area contributed by atoms with Gasteiger partial charge in [-0.25, -0.2) is 4.98 Å². The van der Waals surface area contributed by atoms with Crippen LogP contribution in [0.15, 0.2) is 47.1 Å². The number of benzene rings is 1.